The van der Waals surface area contributed by atoms with Crippen LogP contribution in [0.4, 0.5) is 5.82 Å². The second kappa shape index (κ2) is 6.43. The number of nitrogens with zero attached hydrogens (tertiary/aromatic N) is 4. The van der Waals surface area contributed by atoms with E-state index >= 15 is 0 Å². The molecule has 1 aliphatic rings. The van der Waals surface area contributed by atoms with E-state index in [0.717, 1.165) is 5.56 Å². The first-order valence-electron chi connectivity index (χ1n) is 7.34. The lowest BCUT2D eigenvalue weighted by Crippen LogP contribution is -2.36. The molecule has 2 amide bonds. The van der Waals surface area contributed by atoms with E-state index in [1.807, 2.05) is 30.3 Å². The average molecular weight is 311 g/mol. The van der Waals surface area contributed by atoms with Crippen molar-refractivity contribution in [3.8, 4) is 0 Å². The van der Waals surface area contributed by atoms with E-state index in [9.17, 15) is 9.59 Å². The van der Waals surface area contributed by atoms with Crippen molar-refractivity contribution in [3.05, 3.63) is 48.2 Å². The zero-order chi connectivity index (χ0) is 16.2. The Morgan fingerprint density at radius 3 is 2.70 bits per heavy atom. The fourth-order valence-corrected chi connectivity index (χ4v) is 2.31. The molecule has 0 aliphatic carbocycles. The second-order valence-electron chi connectivity index (χ2n) is 5.31. The van der Waals surface area contributed by atoms with Crippen LogP contribution in [0.3, 0.4) is 0 Å². The monoisotopic (exact) mass is 311 g/mol. The third kappa shape index (κ3) is 3.63. The number of nitrogens with one attached hydrogen (secondary N) is 1. The van der Waals surface area contributed by atoms with Gasteiger partial charge in [0.25, 0.3) is 5.91 Å². The van der Waals surface area contributed by atoms with E-state index in [-0.39, 0.29) is 18.2 Å². The molecule has 0 spiro atoms. The average Bonchev–Trinajstić information content (AvgIpc) is 2.95. The number of amides is 2. The van der Waals surface area contributed by atoms with Crippen molar-refractivity contribution >= 4 is 23.3 Å². The smallest absolute Gasteiger partial charge is 0.273 e. The molecule has 0 radical (unpaired) electrons. The summed E-state index contributed by atoms with van der Waals surface area (Å²) in [4.78, 5) is 24.3. The van der Waals surface area contributed by atoms with Gasteiger partial charge in [0.1, 0.15) is 5.71 Å². The van der Waals surface area contributed by atoms with Crippen molar-refractivity contribution in [1.29, 1.82) is 0 Å². The number of carbonyl (C=O) groups excluding carboxylic acids is 2. The van der Waals surface area contributed by atoms with E-state index in [2.05, 4.69) is 15.5 Å². The molecule has 7 nitrogen and oxygen atoms in total. The van der Waals surface area contributed by atoms with Gasteiger partial charge >= 0.3 is 0 Å². The van der Waals surface area contributed by atoms with Gasteiger partial charge in [-0.1, -0.05) is 30.3 Å². The third-order valence-corrected chi connectivity index (χ3v) is 3.50. The van der Waals surface area contributed by atoms with E-state index in [1.54, 1.807) is 24.0 Å². The van der Waals surface area contributed by atoms with E-state index in [0.29, 0.717) is 24.5 Å². The molecule has 118 valence electrons. The van der Waals surface area contributed by atoms with Gasteiger partial charge in [-0.15, -0.1) is 0 Å². The van der Waals surface area contributed by atoms with Crippen LogP contribution in [0, 0.1) is 0 Å². The van der Waals surface area contributed by atoms with Gasteiger partial charge in [-0.05, 0) is 5.56 Å². The molecule has 2 aromatic rings. The van der Waals surface area contributed by atoms with Gasteiger partial charge in [0.15, 0.2) is 5.82 Å². The van der Waals surface area contributed by atoms with Gasteiger partial charge in [0, 0.05) is 32.2 Å². The van der Waals surface area contributed by atoms with Crippen LogP contribution in [0.5, 0.6) is 0 Å². The first-order valence-corrected chi connectivity index (χ1v) is 7.34. The number of benzene rings is 1. The van der Waals surface area contributed by atoms with Gasteiger partial charge in [0.2, 0.25) is 5.91 Å². The van der Waals surface area contributed by atoms with Gasteiger partial charge < -0.3 is 5.32 Å². The van der Waals surface area contributed by atoms with Crippen molar-refractivity contribution < 1.29 is 9.59 Å². The highest BCUT2D eigenvalue weighted by Crippen LogP contribution is 2.14. The zero-order valence-electron chi connectivity index (χ0n) is 12.8. The summed E-state index contributed by atoms with van der Waals surface area (Å²) in [5.74, 6) is 0.0595. The molecule has 1 aliphatic heterocycles. The number of aryl methyl sites for hydroxylation is 1. The molecule has 1 aromatic heterocycles. The highest BCUT2D eigenvalue weighted by molar-refractivity contribution is 6.43. The van der Waals surface area contributed by atoms with E-state index in [4.69, 9.17) is 0 Å². The topological polar surface area (TPSA) is 79.6 Å². The molecule has 0 atom stereocenters. The lowest BCUT2D eigenvalue weighted by Gasteiger charge is -2.23. The second-order valence-corrected chi connectivity index (χ2v) is 5.31. The number of aromatic nitrogens is 2. The minimum Gasteiger partial charge on any atom is -0.304 e. The largest absolute Gasteiger partial charge is 0.304 e. The minimum atomic E-state index is -0.325. The Morgan fingerprint density at radius 1 is 1.22 bits per heavy atom. The standard InChI is InChI=1S/C16H17N5O2/c1-20-10-9-14(19-20)17-16(23)13-7-8-15(22)21(18-13)11-12-5-3-2-4-6-12/h2-6,9-10H,7-8,11H2,1H3,(H,17,19,23). The number of hydrazone groups is 1. The summed E-state index contributed by atoms with van der Waals surface area (Å²) in [5.41, 5.74) is 1.31. The summed E-state index contributed by atoms with van der Waals surface area (Å²) in [6, 6.07) is 11.3. The summed E-state index contributed by atoms with van der Waals surface area (Å²) in [6.07, 6.45) is 2.35. The van der Waals surface area contributed by atoms with Gasteiger partial charge in [-0.25, -0.2) is 5.01 Å². The third-order valence-electron chi connectivity index (χ3n) is 3.50. The Bertz CT molecular complexity index is 751. The highest BCUT2D eigenvalue weighted by Gasteiger charge is 2.24. The highest BCUT2D eigenvalue weighted by atomic mass is 16.2. The van der Waals surface area contributed by atoms with Crippen molar-refractivity contribution in [1.82, 2.24) is 14.8 Å². The first-order chi connectivity index (χ1) is 11.1. The van der Waals surface area contributed by atoms with E-state index < -0.39 is 0 Å². The summed E-state index contributed by atoms with van der Waals surface area (Å²) in [6.45, 7) is 0.361. The lowest BCUT2D eigenvalue weighted by molar-refractivity contribution is -0.132. The molecule has 7 heteroatoms. The predicted molar refractivity (Wildman–Crippen MR) is 85.5 cm³/mol. The lowest BCUT2D eigenvalue weighted by atomic mass is 10.1. The van der Waals surface area contributed by atoms with Gasteiger partial charge in [0.05, 0.1) is 6.54 Å². The minimum absolute atomic E-state index is 0.0803. The summed E-state index contributed by atoms with van der Waals surface area (Å²) < 4.78 is 1.60. The number of hydrogen-bond donors (Lipinski definition) is 1. The van der Waals surface area contributed by atoms with Crippen LogP contribution >= 0.6 is 0 Å². The van der Waals surface area contributed by atoms with Crippen LogP contribution in [0.25, 0.3) is 0 Å². The van der Waals surface area contributed by atoms with Crippen LogP contribution in [0.15, 0.2) is 47.7 Å². The maximum atomic E-state index is 12.3. The Morgan fingerprint density at radius 2 is 2.00 bits per heavy atom. The fraction of sp³-hybridized carbons (Fsp3) is 0.250. The summed E-state index contributed by atoms with van der Waals surface area (Å²) in [7, 11) is 1.77. The van der Waals surface area contributed by atoms with Crippen LogP contribution in [-0.2, 0) is 23.2 Å². The van der Waals surface area contributed by atoms with Crippen molar-refractivity contribution in [2.45, 2.75) is 19.4 Å². The molecule has 1 N–H and O–H groups in total. The van der Waals surface area contributed by atoms with Crippen LogP contribution < -0.4 is 5.32 Å². The van der Waals surface area contributed by atoms with Crippen molar-refractivity contribution in [3.63, 3.8) is 0 Å². The van der Waals surface area contributed by atoms with Crippen LogP contribution in [-0.4, -0.2) is 32.3 Å². The molecule has 0 fully saturated rings. The molecule has 0 saturated carbocycles. The Kier molecular flexibility index (Phi) is 4.18. The molecular weight excluding hydrogens is 294 g/mol. The first kappa shape index (κ1) is 15.0. The molecule has 3 rings (SSSR count). The molecule has 0 bridgehead atoms. The Labute approximate surface area is 133 Å². The number of anilines is 1. The summed E-state index contributed by atoms with van der Waals surface area (Å²) >= 11 is 0. The summed E-state index contributed by atoms with van der Waals surface area (Å²) in [5, 5.41) is 12.4. The molecule has 2 heterocycles. The molecule has 0 saturated heterocycles. The number of hydrogen-bond acceptors (Lipinski definition) is 4. The quantitative estimate of drug-likeness (QED) is 0.930. The maximum absolute atomic E-state index is 12.3. The predicted octanol–water partition coefficient (Wildman–Crippen LogP) is 1.54. The Hall–Kier alpha value is -2.96. The van der Waals surface area contributed by atoms with Crippen LogP contribution in [0.2, 0.25) is 0 Å². The zero-order valence-corrected chi connectivity index (χ0v) is 12.8. The number of rotatable bonds is 4. The van der Waals surface area contributed by atoms with Crippen molar-refractivity contribution in [2.75, 3.05) is 5.32 Å². The fourth-order valence-electron chi connectivity index (χ4n) is 2.31. The maximum Gasteiger partial charge on any atom is 0.273 e. The molecule has 0 unspecified atom stereocenters. The molecule has 23 heavy (non-hydrogen) atoms. The molecule has 1 aromatic carbocycles. The van der Waals surface area contributed by atoms with Gasteiger partial charge in [-0.3, -0.25) is 14.3 Å². The Balaban J connectivity index is 1.72. The molecular formula is C16H17N5O2. The normalized spacial score (nSPS) is 14.6. The van der Waals surface area contributed by atoms with Crippen LogP contribution in [0.1, 0.15) is 18.4 Å². The van der Waals surface area contributed by atoms with Crippen molar-refractivity contribution in [2.24, 2.45) is 12.1 Å². The SMILES string of the molecule is Cn1ccc(NC(=O)C2=NN(Cc3ccccc3)C(=O)CC2)n1. The number of carbonyl (C=O) groups is 2. The van der Waals surface area contributed by atoms with Gasteiger partial charge in [-0.2, -0.15) is 10.2 Å². The van der Waals surface area contributed by atoms with E-state index in [1.165, 1.54) is 5.01 Å².